The van der Waals surface area contributed by atoms with E-state index in [4.69, 9.17) is 0 Å². The summed E-state index contributed by atoms with van der Waals surface area (Å²) in [7, 11) is 3.84. The molecule has 0 radical (unpaired) electrons. The molecule has 1 heterocycles. The van der Waals surface area contributed by atoms with Gasteiger partial charge in [0.25, 0.3) is 5.91 Å². The number of aromatic nitrogens is 2. The monoisotopic (exact) mass is 312 g/mol. The molecule has 1 aromatic carbocycles. The number of amides is 1. The lowest BCUT2D eigenvalue weighted by atomic mass is 10.2. The van der Waals surface area contributed by atoms with Crippen LogP contribution in [0.4, 0.5) is 18.9 Å². The maximum Gasteiger partial charge on any atom is 0.255 e. The maximum atomic E-state index is 13.1. The van der Waals surface area contributed by atoms with Crippen molar-refractivity contribution in [2.24, 2.45) is 0 Å². The van der Waals surface area contributed by atoms with Crippen LogP contribution in [-0.4, -0.2) is 41.2 Å². The Morgan fingerprint density at radius 3 is 2.50 bits per heavy atom. The number of benzene rings is 1. The van der Waals surface area contributed by atoms with E-state index in [0.717, 1.165) is 6.54 Å². The van der Waals surface area contributed by atoms with Crippen LogP contribution in [0.5, 0.6) is 0 Å². The van der Waals surface area contributed by atoms with Gasteiger partial charge in [-0.3, -0.25) is 9.48 Å². The number of hydrogen-bond acceptors (Lipinski definition) is 3. The number of hydrogen-bond donors (Lipinski definition) is 1. The quantitative estimate of drug-likeness (QED) is 0.860. The highest BCUT2D eigenvalue weighted by Crippen LogP contribution is 2.15. The van der Waals surface area contributed by atoms with Gasteiger partial charge >= 0.3 is 0 Å². The third-order valence-corrected chi connectivity index (χ3v) is 2.91. The second-order valence-corrected chi connectivity index (χ2v) is 5.00. The number of halogens is 3. The van der Waals surface area contributed by atoms with E-state index in [1.807, 2.05) is 19.0 Å². The molecule has 8 heteroatoms. The summed E-state index contributed by atoms with van der Waals surface area (Å²) in [6.45, 7) is 1.39. The Labute approximate surface area is 125 Å². The number of anilines is 1. The predicted molar refractivity (Wildman–Crippen MR) is 75.1 cm³/mol. The van der Waals surface area contributed by atoms with Crippen LogP contribution in [0.2, 0.25) is 0 Å². The van der Waals surface area contributed by atoms with Gasteiger partial charge in [0.1, 0.15) is 0 Å². The molecule has 2 rings (SSSR count). The third kappa shape index (κ3) is 3.85. The van der Waals surface area contributed by atoms with Crippen molar-refractivity contribution < 1.29 is 18.0 Å². The molecule has 0 fully saturated rings. The van der Waals surface area contributed by atoms with Crippen LogP contribution in [-0.2, 0) is 6.54 Å². The van der Waals surface area contributed by atoms with Gasteiger partial charge in [0.2, 0.25) is 0 Å². The van der Waals surface area contributed by atoms with E-state index in [2.05, 4.69) is 10.4 Å². The highest BCUT2D eigenvalue weighted by atomic mass is 19.2. The van der Waals surface area contributed by atoms with Crippen LogP contribution >= 0.6 is 0 Å². The van der Waals surface area contributed by atoms with Gasteiger partial charge in [0.15, 0.2) is 17.5 Å². The van der Waals surface area contributed by atoms with E-state index in [1.54, 1.807) is 10.9 Å². The molecular formula is C14H15F3N4O. The summed E-state index contributed by atoms with van der Waals surface area (Å²) >= 11 is 0. The number of rotatable bonds is 5. The van der Waals surface area contributed by atoms with Crippen LogP contribution in [0.3, 0.4) is 0 Å². The smallest absolute Gasteiger partial charge is 0.255 e. The van der Waals surface area contributed by atoms with E-state index >= 15 is 0 Å². The molecule has 0 spiro atoms. The van der Waals surface area contributed by atoms with Crippen molar-refractivity contribution in [1.29, 1.82) is 0 Å². The molecule has 1 N–H and O–H groups in total. The van der Waals surface area contributed by atoms with Crippen molar-refractivity contribution in [3.8, 4) is 0 Å². The number of carbonyl (C=O) groups is 1. The molecule has 1 aromatic heterocycles. The Kier molecular flexibility index (Phi) is 4.81. The van der Waals surface area contributed by atoms with Crippen molar-refractivity contribution >= 4 is 11.6 Å². The summed E-state index contributed by atoms with van der Waals surface area (Å²) < 4.78 is 40.7. The molecule has 1 amide bonds. The molecule has 5 nitrogen and oxygen atoms in total. The van der Waals surface area contributed by atoms with Gasteiger partial charge in [0.05, 0.1) is 18.4 Å². The largest absolute Gasteiger partial charge is 0.319 e. The Hall–Kier alpha value is -2.35. The highest BCUT2D eigenvalue weighted by molar-refractivity contribution is 6.04. The first-order valence-electron chi connectivity index (χ1n) is 6.50. The SMILES string of the molecule is CN(C)CCn1cc(NC(=O)c2cc(F)c(F)c(F)c2)cn1. The van der Waals surface area contributed by atoms with E-state index in [9.17, 15) is 18.0 Å². The van der Waals surface area contributed by atoms with Crippen molar-refractivity contribution in [1.82, 2.24) is 14.7 Å². The van der Waals surface area contributed by atoms with E-state index < -0.39 is 23.4 Å². The molecule has 0 aliphatic heterocycles. The van der Waals surface area contributed by atoms with Crippen LogP contribution < -0.4 is 5.32 Å². The lowest BCUT2D eigenvalue weighted by Crippen LogP contribution is -2.18. The number of likely N-dealkylation sites (N-methyl/N-ethyl adjacent to an activating group) is 1. The fourth-order valence-electron chi connectivity index (χ4n) is 1.74. The first-order chi connectivity index (χ1) is 10.4. The van der Waals surface area contributed by atoms with Gasteiger partial charge in [-0.05, 0) is 26.2 Å². The van der Waals surface area contributed by atoms with Crippen molar-refractivity contribution in [3.63, 3.8) is 0 Å². The van der Waals surface area contributed by atoms with Gasteiger partial charge < -0.3 is 10.2 Å². The minimum atomic E-state index is -1.60. The molecule has 22 heavy (non-hydrogen) atoms. The topological polar surface area (TPSA) is 50.2 Å². The van der Waals surface area contributed by atoms with Gasteiger partial charge in [-0.2, -0.15) is 5.10 Å². The normalized spacial score (nSPS) is 11.0. The zero-order chi connectivity index (χ0) is 16.3. The van der Waals surface area contributed by atoms with Crippen molar-refractivity contribution in [3.05, 3.63) is 47.5 Å². The summed E-state index contributed by atoms with van der Waals surface area (Å²) in [5.41, 5.74) is 0.0753. The summed E-state index contributed by atoms with van der Waals surface area (Å²) in [6.07, 6.45) is 3.02. The number of nitrogens with one attached hydrogen (secondary N) is 1. The molecule has 0 aliphatic carbocycles. The van der Waals surface area contributed by atoms with Gasteiger partial charge in [-0.1, -0.05) is 0 Å². The van der Waals surface area contributed by atoms with Crippen LogP contribution in [0.25, 0.3) is 0 Å². The maximum absolute atomic E-state index is 13.1. The Balaban J connectivity index is 2.06. The predicted octanol–water partition coefficient (Wildman–Crippen LogP) is 2.11. The molecule has 0 aliphatic rings. The van der Waals surface area contributed by atoms with Gasteiger partial charge in [-0.15, -0.1) is 0 Å². The zero-order valence-corrected chi connectivity index (χ0v) is 12.1. The van der Waals surface area contributed by atoms with Gasteiger partial charge in [0, 0.05) is 18.3 Å². The zero-order valence-electron chi connectivity index (χ0n) is 12.1. The average Bonchev–Trinajstić information content (AvgIpc) is 2.89. The first-order valence-corrected chi connectivity index (χ1v) is 6.50. The Morgan fingerprint density at radius 2 is 1.91 bits per heavy atom. The second-order valence-electron chi connectivity index (χ2n) is 5.00. The van der Waals surface area contributed by atoms with E-state index in [-0.39, 0.29) is 5.56 Å². The molecule has 0 saturated carbocycles. The number of nitrogens with zero attached hydrogens (tertiary/aromatic N) is 3. The molecule has 0 saturated heterocycles. The average molecular weight is 312 g/mol. The molecule has 118 valence electrons. The van der Waals surface area contributed by atoms with Crippen LogP contribution in [0.15, 0.2) is 24.5 Å². The summed E-state index contributed by atoms with van der Waals surface area (Å²) in [4.78, 5) is 13.9. The lowest BCUT2D eigenvalue weighted by Gasteiger charge is -2.08. The summed E-state index contributed by atoms with van der Waals surface area (Å²) in [5, 5.41) is 6.50. The molecule has 0 atom stereocenters. The Morgan fingerprint density at radius 1 is 1.27 bits per heavy atom. The van der Waals surface area contributed by atoms with Crippen molar-refractivity contribution in [2.45, 2.75) is 6.54 Å². The lowest BCUT2D eigenvalue weighted by molar-refractivity contribution is 0.102. The Bertz CT molecular complexity index is 661. The minimum absolute atomic E-state index is 0.308. The first kappa shape index (κ1) is 16.0. The number of carbonyl (C=O) groups excluding carboxylic acids is 1. The fraction of sp³-hybridized carbons (Fsp3) is 0.286. The second kappa shape index (κ2) is 6.61. The van der Waals surface area contributed by atoms with Gasteiger partial charge in [-0.25, -0.2) is 13.2 Å². The molecular weight excluding hydrogens is 297 g/mol. The van der Waals surface area contributed by atoms with E-state index in [1.165, 1.54) is 6.20 Å². The fourth-order valence-corrected chi connectivity index (χ4v) is 1.74. The molecule has 0 unspecified atom stereocenters. The summed E-state index contributed by atoms with van der Waals surface area (Å²) in [6, 6.07) is 1.29. The molecule has 2 aromatic rings. The third-order valence-electron chi connectivity index (χ3n) is 2.91. The van der Waals surface area contributed by atoms with E-state index in [0.29, 0.717) is 24.4 Å². The van der Waals surface area contributed by atoms with Crippen LogP contribution in [0, 0.1) is 17.5 Å². The standard InChI is InChI=1S/C14H15F3N4O/c1-20(2)3-4-21-8-10(7-18-21)19-14(22)9-5-11(15)13(17)12(16)6-9/h5-8H,3-4H2,1-2H3,(H,19,22). The molecule has 0 bridgehead atoms. The van der Waals surface area contributed by atoms with Crippen LogP contribution in [0.1, 0.15) is 10.4 Å². The highest BCUT2D eigenvalue weighted by Gasteiger charge is 2.15. The summed E-state index contributed by atoms with van der Waals surface area (Å²) in [5.74, 6) is -5.17. The minimum Gasteiger partial charge on any atom is -0.319 e. The van der Waals surface area contributed by atoms with Crippen molar-refractivity contribution in [2.75, 3.05) is 26.0 Å².